The van der Waals surface area contributed by atoms with Crippen molar-refractivity contribution < 1.29 is 4.42 Å². The Morgan fingerprint density at radius 3 is 3.00 bits per heavy atom. The van der Waals surface area contributed by atoms with Gasteiger partial charge >= 0.3 is 0 Å². The van der Waals surface area contributed by atoms with Gasteiger partial charge in [-0.15, -0.1) is 0 Å². The van der Waals surface area contributed by atoms with Crippen LogP contribution in [0.2, 0.25) is 0 Å². The zero-order valence-corrected chi connectivity index (χ0v) is 8.79. The van der Waals surface area contributed by atoms with Gasteiger partial charge in [0.25, 0.3) is 0 Å². The summed E-state index contributed by atoms with van der Waals surface area (Å²) >= 11 is 0. The first-order valence-electron chi connectivity index (χ1n) is 5.15. The van der Waals surface area contributed by atoms with Crippen molar-refractivity contribution in [3.05, 3.63) is 29.7 Å². The van der Waals surface area contributed by atoms with Crippen LogP contribution in [0, 0.1) is 6.92 Å². The number of fused-ring (bicyclic) bond motifs is 3. The molecule has 3 aromatic rings. The van der Waals surface area contributed by atoms with Crippen LogP contribution in [0.25, 0.3) is 21.9 Å². The third kappa shape index (κ3) is 1.09. The predicted molar refractivity (Wildman–Crippen MR) is 60.0 cm³/mol. The Balaban J connectivity index is 2.47. The van der Waals surface area contributed by atoms with Crippen LogP contribution < -0.4 is 0 Å². The van der Waals surface area contributed by atoms with Crippen molar-refractivity contribution in [2.24, 2.45) is 0 Å². The van der Waals surface area contributed by atoms with Crippen LogP contribution in [0.15, 0.2) is 22.6 Å². The quantitative estimate of drug-likeness (QED) is 0.655. The molecule has 0 unspecified atom stereocenters. The molecule has 1 N–H and O–H groups in total. The lowest BCUT2D eigenvalue weighted by molar-refractivity contribution is 0.557. The first-order valence-corrected chi connectivity index (χ1v) is 5.15. The maximum absolute atomic E-state index is 5.68. The van der Waals surface area contributed by atoms with Crippen LogP contribution in [0.1, 0.15) is 18.4 Å². The Bertz CT molecular complexity index is 633. The predicted octanol–water partition coefficient (Wildman–Crippen LogP) is 3.18. The molecule has 76 valence electrons. The zero-order valence-electron chi connectivity index (χ0n) is 8.79. The van der Waals surface area contributed by atoms with Gasteiger partial charge in [-0.1, -0.05) is 6.92 Å². The van der Waals surface area contributed by atoms with E-state index in [1.807, 2.05) is 13.0 Å². The Hall–Kier alpha value is -1.77. The summed E-state index contributed by atoms with van der Waals surface area (Å²) < 4.78 is 5.68. The van der Waals surface area contributed by atoms with Gasteiger partial charge in [-0.05, 0) is 25.1 Å². The number of hydrogen-bond acceptors (Lipinski definition) is 2. The number of hydrogen-bond donors (Lipinski definition) is 1. The molecule has 0 aliphatic rings. The maximum Gasteiger partial charge on any atom is 0.136 e. The van der Waals surface area contributed by atoms with Crippen LogP contribution in [0.3, 0.4) is 0 Å². The number of aromatic nitrogens is 2. The normalized spacial score (nSPS) is 11.6. The molecule has 3 rings (SSSR count). The van der Waals surface area contributed by atoms with E-state index in [2.05, 4.69) is 29.3 Å². The van der Waals surface area contributed by atoms with E-state index >= 15 is 0 Å². The largest absolute Gasteiger partial charge is 0.461 e. The van der Waals surface area contributed by atoms with Gasteiger partial charge in [0.15, 0.2) is 0 Å². The van der Waals surface area contributed by atoms with E-state index in [1.54, 1.807) is 0 Å². The van der Waals surface area contributed by atoms with E-state index in [1.165, 1.54) is 5.39 Å². The fourth-order valence-electron chi connectivity index (χ4n) is 1.95. The molecule has 2 aromatic heterocycles. The minimum atomic E-state index is 0.916. The standard InChI is InChI=1S/C12H12N2O/c1-3-8-6-10-11(15-8)5-4-9-7(2)13-14-12(9)10/h4-6H,3H2,1-2H3,(H,13,14). The van der Waals surface area contributed by atoms with Crippen molar-refractivity contribution in [3.8, 4) is 0 Å². The Morgan fingerprint density at radius 1 is 1.33 bits per heavy atom. The third-order valence-corrected chi connectivity index (χ3v) is 2.81. The van der Waals surface area contributed by atoms with Crippen molar-refractivity contribution in [2.45, 2.75) is 20.3 Å². The molecule has 0 spiro atoms. The van der Waals surface area contributed by atoms with Crippen LogP contribution in [0.4, 0.5) is 0 Å². The number of nitrogens with zero attached hydrogens (tertiary/aromatic N) is 1. The molecule has 0 fully saturated rings. The first kappa shape index (κ1) is 8.53. The molecule has 1 aromatic carbocycles. The fourth-order valence-corrected chi connectivity index (χ4v) is 1.95. The highest BCUT2D eigenvalue weighted by molar-refractivity contribution is 6.04. The maximum atomic E-state index is 5.68. The summed E-state index contributed by atoms with van der Waals surface area (Å²) in [6.45, 7) is 4.12. The number of furan rings is 1. The molecule has 3 heteroatoms. The zero-order chi connectivity index (χ0) is 10.4. The Labute approximate surface area is 87.1 Å². The first-order chi connectivity index (χ1) is 7.29. The summed E-state index contributed by atoms with van der Waals surface area (Å²) in [5.74, 6) is 1.01. The molecule has 0 atom stereocenters. The highest BCUT2D eigenvalue weighted by atomic mass is 16.3. The minimum Gasteiger partial charge on any atom is -0.461 e. The van der Waals surface area contributed by atoms with Crippen LogP contribution >= 0.6 is 0 Å². The van der Waals surface area contributed by atoms with Crippen molar-refractivity contribution in [1.29, 1.82) is 0 Å². The smallest absolute Gasteiger partial charge is 0.136 e. The van der Waals surface area contributed by atoms with E-state index in [4.69, 9.17) is 4.42 Å². The lowest BCUT2D eigenvalue weighted by Gasteiger charge is -1.90. The average Bonchev–Trinajstić information content (AvgIpc) is 2.81. The topological polar surface area (TPSA) is 41.8 Å². The van der Waals surface area contributed by atoms with Crippen LogP contribution in [-0.4, -0.2) is 10.2 Å². The third-order valence-electron chi connectivity index (χ3n) is 2.81. The Morgan fingerprint density at radius 2 is 2.20 bits per heavy atom. The van der Waals surface area contributed by atoms with Gasteiger partial charge < -0.3 is 4.42 Å². The van der Waals surface area contributed by atoms with E-state index in [0.717, 1.165) is 34.4 Å². The highest BCUT2D eigenvalue weighted by Gasteiger charge is 2.09. The average molecular weight is 200 g/mol. The molecule has 0 saturated heterocycles. The molecular formula is C12H12N2O. The van der Waals surface area contributed by atoms with Gasteiger partial charge in [0.2, 0.25) is 0 Å². The number of aryl methyl sites for hydroxylation is 2. The number of rotatable bonds is 1. The number of nitrogens with one attached hydrogen (secondary N) is 1. The van der Waals surface area contributed by atoms with Gasteiger partial charge in [0.1, 0.15) is 16.9 Å². The van der Waals surface area contributed by atoms with Gasteiger partial charge in [-0.3, -0.25) is 5.10 Å². The molecule has 0 amide bonds. The lowest BCUT2D eigenvalue weighted by Crippen LogP contribution is -1.70. The second kappa shape index (κ2) is 2.86. The van der Waals surface area contributed by atoms with E-state index in [9.17, 15) is 0 Å². The van der Waals surface area contributed by atoms with Gasteiger partial charge in [-0.25, -0.2) is 0 Å². The Kier molecular flexibility index (Phi) is 1.63. The number of benzene rings is 1. The van der Waals surface area contributed by atoms with Crippen molar-refractivity contribution in [3.63, 3.8) is 0 Å². The van der Waals surface area contributed by atoms with Gasteiger partial charge in [0, 0.05) is 22.9 Å². The lowest BCUT2D eigenvalue weighted by atomic mass is 10.1. The van der Waals surface area contributed by atoms with E-state index in [-0.39, 0.29) is 0 Å². The molecule has 0 bridgehead atoms. The van der Waals surface area contributed by atoms with E-state index in [0.29, 0.717) is 0 Å². The summed E-state index contributed by atoms with van der Waals surface area (Å²) in [5.41, 5.74) is 3.03. The molecular weight excluding hydrogens is 188 g/mol. The van der Waals surface area contributed by atoms with Crippen molar-refractivity contribution >= 4 is 21.9 Å². The van der Waals surface area contributed by atoms with Gasteiger partial charge in [-0.2, -0.15) is 5.10 Å². The monoisotopic (exact) mass is 200 g/mol. The molecule has 0 aliphatic carbocycles. The number of aromatic amines is 1. The fraction of sp³-hybridized carbons (Fsp3) is 0.250. The molecule has 0 saturated carbocycles. The second-order valence-electron chi connectivity index (χ2n) is 3.79. The molecule has 0 aliphatic heterocycles. The summed E-state index contributed by atoms with van der Waals surface area (Å²) in [6.07, 6.45) is 0.916. The van der Waals surface area contributed by atoms with E-state index < -0.39 is 0 Å². The summed E-state index contributed by atoms with van der Waals surface area (Å²) in [7, 11) is 0. The van der Waals surface area contributed by atoms with Crippen LogP contribution in [-0.2, 0) is 6.42 Å². The summed E-state index contributed by atoms with van der Waals surface area (Å²) in [5, 5.41) is 9.59. The number of H-pyrrole nitrogens is 1. The molecule has 0 radical (unpaired) electrons. The summed E-state index contributed by atoms with van der Waals surface area (Å²) in [4.78, 5) is 0. The summed E-state index contributed by atoms with van der Waals surface area (Å²) in [6, 6.07) is 6.15. The highest BCUT2D eigenvalue weighted by Crippen LogP contribution is 2.28. The second-order valence-corrected chi connectivity index (χ2v) is 3.79. The molecule has 2 heterocycles. The molecule has 15 heavy (non-hydrogen) atoms. The van der Waals surface area contributed by atoms with Crippen LogP contribution in [0.5, 0.6) is 0 Å². The SMILES string of the molecule is CCc1cc2c(ccc3c(C)[nH]nc32)o1. The molecule has 3 nitrogen and oxygen atoms in total. The van der Waals surface area contributed by atoms with Gasteiger partial charge in [0.05, 0.1) is 0 Å². The van der Waals surface area contributed by atoms with Crippen molar-refractivity contribution in [2.75, 3.05) is 0 Å². The minimum absolute atomic E-state index is 0.916. The van der Waals surface area contributed by atoms with Crippen molar-refractivity contribution in [1.82, 2.24) is 10.2 Å².